The van der Waals surface area contributed by atoms with Gasteiger partial charge >= 0.3 is 0 Å². The molecule has 4 rings (SSSR count). The van der Waals surface area contributed by atoms with Gasteiger partial charge in [-0.25, -0.2) is 14.5 Å². The molecule has 3 heterocycles. The highest BCUT2D eigenvalue weighted by Crippen LogP contribution is 2.21. The van der Waals surface area contributed by atoms with Crippen molar-refractivity contribution in [3.63, 3.8) is 0 Å². The number of aryl methyl sites for hydroxylation is 2. The largest absolute Gasteiger partial charge is 0.494 e. The van der Waals surface area contributed by atoms with Gasteiger partial charge in [0.05, 0.1) is 12.9 Å². The van der Waals surface area contributed by atoms with Gasteiger partial charge in [-0.2, -0.15) is 0 Å². The Hall–Kier alpha value is -3.15. The molecule has 132 valence electrons. The van der Waals surface area contributed by atoms with Gasteiger partial charge in [0.15, 0.2) is 11.5 Å². The first-order valence-corrected chi connectivity index (χ1v) is 8.81. The van der Waals surface area contributed by atoms with Gasteiger partial charge in [-0.05, 0) is 56.2 Å². The van der Waals surface area contributed by atoms with Crippen molar-refractivity contribution in [1.29, 1.82) is 0 Å². The fourth-order valence-electron chi connectivity index (χ4n) is 2.86. The monoisotopic (exact) mass is 347 g/mol. The Morgan fingerprint density at radius 1 is 1.04 bits per heavy atom. The predicted octanol–water partition coefficient (Wildman–Crippen LogP) is 3.76. The second-order valence-electron chi connectivity index (χ2n) is 6.25. The van der Waals surface area contributed by atoms with Crippen molar-refractivity contribution in [2.45, 2.75) is 26.3 Å². The molecule has 0 unspecified atom stereocenters. The molecule has 3 aromatic heterocycles. The summed E-state index contributed by atoms with van der Waals surface area (Å²) in [6.07, 6.45) is 7.70. The maximum absolute atomic E-state index is 5.82. The van der Waals surface area contributed by atoms with Crippen LogP contribution in [0.3, 0.4) is 0 Å². The standard InChI is InChI=1S/C20H21N5O/c1-16-5-4-6-19-22-20(23-25(16)19)17-7-9-18(10-8-17)26-14-3-2-12-24-13-11-21-15-24/h4-11,13,15H,2-3,12,14H2,1H3. The topological polar surface area (TPSA) is 57.2 Å². The van der Waals surface area contributed by atoms with Gasteiger partial charge in [0, 0.05) is 30.2 Å². The molecule has 0 spiro atoms. The molecule has 0 N–H and O–H groups in total. The summed E-state index contributed by atoms with van der Waals surface area (Å²) in [5.41, 5.74) is 2.91. The lowest BCUT2D eigenvalue weighted by Crippen LogP contribution is -2.01. The summed E-state index contributed by atoms with van der Waals surface area (Å²) >= 11 is 0. The number of nitrogens with zero attached hydrogens (tertiary/aromatic N) is 5. The zero-order valence-electron chi connectivity index (χ0n) is 14.7. The van der Waals surface area contributed by atoms with E-state index in [0.717, 1.165) is 47.9 Å². The molecule has 26 heavy (non-hydrogen) atoms. The molecule has 0 saturated heterocycles. The number of benzene rings is 1. The molecule has 1 aromatic carbocycles. The number of fused-ring (bicyclic) bond motifs is 1. The molecule has 0 radical (unpaired) electrons. The van der Waals surface area contributed by atoms with Crippen LogP contribution in [0, 0.1) is 6.92 Å². The summed E-state index contributed by atoms with van der Waals surface area (Å²) in [6.45, 7) is 3.70. The molecular formula is C20H21N5O. The summed E-state index contributed by atoms with van der Waals surface area (Å²) in [6, 6.07) is 13.9. The zero-order chi connectivity index (χ0) is 17.8. The predicted molar refractivity (Wildman–Crippen MR) is 100 cm³/mol. The number of ether oxygens (including phenoxy) is 1. The van der Waals surface area contributed by atoms with Crippen LogP contribution in [0.25, 0.3) is 17.0 Å². The van der Waals surface area contributed by atoms with Gasteiger partial charge in [0.25, 0.3) is 0 Å². The second-order valence-corrected chi connectivity index (χ2v) is 6.25. The normalized spacial score (nSPS) is 11.1. The van der Waals surface area contributed by atoms with E-state index < -0.39 is 0 Å². The third-order valence-electron chi connectivity index (χ3n) is 4.30. The highest BCUT2D eigenvalue weighted by molar-refractivity contribution is 5.59. The molecule has 0 saturated carbocycles. The van der Waals surface area contributed by atoms with E-state index in [1.165, 1.54) is 0 Å². The minimum Gasteiger partial charge on any atom is -0.494 e. The van der Waals surface area contributed by atoms with Crippen LogP contribution in [0.15, 0.2) is 61.2 Å². The van der Waals surface area contributed by atoms with Gasteiger partial charge in [-0.1, -0.05) is 6.07 Å². The van der Waals surface area contributed by atoms with Crippen molar-refractivity contribution in [3.8, 4) is 17.1 Å². The van der Waals surface area contributed by atoms with Crippen LogP contribution in [0.2, 0.25) is 0 Å². The zero-order valence-corrected chi connectivity index (χ0v) is 14.7. The first kappa shape index (κ1) is 16.3. The molecule has 0 atom stereocenters. The third kappa shape index (κ3) is 3.59. The van der Waals surface area contributed by atoms with Crippen LogP contribution < -0.4 is 4.74 Å². The maximum Gasteiger partial charge on any atom is 0.182 e. The summed E-state index contributed by atoms with van der Waals surface area (Å²) in [4.78, 5) is 8.63. The number of aromatic nitrogens is 5. The van der Waals surface area contributed by atoms with E-state index in [1.807, 2.05) is 66.4 Å². The van der Waals surface area contributed by atoms with Crippen LogP contribution in [-0.2, 0) is 6.54 Å². The Bertz CT molecular complexity index is 973. The van der Waals surface area contributed by atoms with Gasteiger partial charge < -0.3 is 9.30 Å². The average Bonchev–Trinajstić information content (AvgIpc) is 3.32. The summed E-state index contributed by atoms with van der Waals surface area (Å²) in [5.74, 6) is 1.60. The van der Waals surface area contributed by atoms with E-state index in [4.69, 9.17) is 4.74 Å². The van der Waals surface area contributed by atoms with Crippen molar-refractivity contribution in [2.75, 3.05) is 6.61 Å². The smallest absolute Gasteiger partial charge is 0.182 e. The van der Waals surface area contributed by atoms with Crippen LogP contribution in [0.5, 0.6) is 5.75 Å². The Morgan fingerprint density at radius 2 is 1.92 bits per heavy atom. The summed E-state index contributed by atoms with van der Waals surface area (Å²) in [5, 5.41) is 4.58. The minimum absolute atomic E-state index is 0.708. The van der Waals surface area contributed by atoms with Crippen LogP contribution in [0.4, 0.5) is 0 Å². The lowest BCUT2D eigenvalue weighted by Gasteiger charge is -2.07. The van der Waals surface area contributed by atoms with Crippen molar-refractivity contribution in [2.24, 2.45) is 0 Å². The number of hydrogen-bond donors (Lipinski definition) is 0. The SMILES string of the molecule is Cc1cccc2nc(-c3ccc(OCCCCn4ccnc4)cc3)nn12. The van der Waals surface area contributed by atoms with Gasteiger partial charge in [-0.3, -0.25) is 0 Å². The van der Waals surface area contributed by atoms with Crippen molar-refractivity contribution in [3.05, 3.63) is 66.9 Å². The summed E-state index contributed by atoms with van der Waals surface area (Å²) < 4.78 is 9.77. The average molecular weight is 347 g/mol. The van der Waals surface area contributed by atoms with Gasteiger partial charge in [-0.15, -0.1) is 5.10 Å². The molecule has 0 amide bonds. The fraction of sp³-hybridized carbons (Fsp3) is 0.250. The van der Waals surface area contributed by atoms with E-state index in [1.54, 1.807) is 6.20 Å². The molecular weight excluding hydrogens is 326 g/mol. The third-order valence-corrected chi connectivity index (χ3v) is 4.30. The first-order chi connectivity index (χ1) is 12.8. The second kappa shape index (κ2) is 7.39. The number of rotatable bonds is 7. The maximum atomic E-state index is 5.82. The van der Waals surface area contributed by atoms with Crippen molar-refractivity contribution < 1.29 is 4.74 Å². The fourth-order valence-corrected chi connectivity index (χ4v) is 2.86. The van der Waals surface area contributed by atoms with Crippen LogP contribution in [-0.4, -0.2) is 30.8 Å². The van der Waals surface area contributed by atoms with E-state index in [0.29, 0.717) is 6.61 Å². The molecule has 6 nitrogen and oxygen atoms in total. The molecule has 0 aliphatic heterocycles. The highest BCUT2D eigenvalue weighted by Gasteiger charge is 2.07. The number of imidazole rings is 1. The van der Waals surface area contributed by atoms with Crippen LogP contribution in [0.1, 0.15) is 18.5 Å². The highest BCUT2D eigenvalue weighted by atomic mass is 16.5. The lowest BCUT2D eigenvalue weighted by molar-refractivity contribution is 0.303. The molecule has 0 aliphatic carbocycles. The van der Waals surface area contributed by atoms with E-state index in [-0.39, 0.29) is 0 Å². The molecule has 4 aromatic rings. The molecule has 0 aliphatic rings. The number of unbranched alkanes of at least 4 members (excludes halogenated alkanes) is 1. The molecule has 0 bridgehead atoms. The van der Waals surface area contributed by atoms with Crippen molar-refractivity contribution in [1.82, 2.24) is 24.1 Å². The van der Waals surface area contributed by atoms with E-state index in [2.05, 4.69) is 19.6 Å². The van der Waals surface area contributed by atoms with E-state index >= 15 is 0 Å². The Labute approximate surface area is 152 Å². The van der Waals surface area contributed by atoms with Crippen LogP contribution >= 0.6 is 0 Å². The number of hydrogen-bond acceptors (Lipinski definition) is 4. The van der Waals surface area contributed by atoms with Gasteiger partial charge in [0.1, 0.15) is 5.75 Å². The Kier molecular flexibility index (Phi) is 4.64. The molecule has 6 heteroatoms. The minimum atomic E-state index is 0.708. The van der Waals surface area contributed by atoms with E-state index in [9.17, 15) is 0 Å². The van der Waals surface area contributed by atoms with Gasteiger partial charge in [0.2, 0.25) is 0 Å². The van der Waals surface area contributed by atoms with Crippen molar-refractivity contribution >= 4 is 5.65 Å². The molecule has 0 fully saturated rings. The first-order valence-electron chi connectivity index (χ1n) is 8.81. The Morgan fingerprint density at radius 3 is 2.69 bits per heavy atom. The lowest BCUT2D eigenvalue weighted by atomic mass is 10.2. The summed E-state index contributed by atoms with van der Waals surface area (Å²) in [7, 11) is 0. The quantitative estimate of drug-likeness (QED) is 0.478. The number of pyridine rings is 1. The Balaban J connectivity index is 1.33.